The van der Waals surface area contributed by atoms with Gasteiger partial charge in [-0.15, -0.1) is 12.4 Å². The van der Waals surface area contributed by atoms with Crippen LogP contribution < -0.4 is 5.32 Å². The highest BCUT2D eigenvalue weighted by atomic mass is 35.5. The standard InChI is InChI=1S/C18H22N2.ClH/c1-3-7-16(8-4-1)13-18-15-20(12-11-19-18)14-17-9-5-2-6-10-17;/h1-10,18-19H,11-15H2;1H/t18-;/m1./s1. The molecule has 0 unspecified atom stereocenters. The van der Waals surface area contributed by atoms with Crippen LogP contribution in [0.15, 0.2) is 60.7 Å². The van der Waals surface area contributed by atoms with Gasteiger partial charge in [0.25, 0.3) is 0 Å². The quantitative estimate of drug-likeness (QED) is 0.933. The molecule has 1 heterocycles. The molecule has 2 aromatic carbocycles. The predicted octanol–water partition coefficient (Wildman–Crippen LogP) is 3.12. The molecule has 0 aromatic heterocycles. The fraction of sp³-hybridized carbons (Fsp3) is 0.333. The van der Waals surface area contributed by atoms with Gasteiger partial charge < -0.3 is 5.32 Å². The highest BCUT2D eigenvalue weighted by molar-refractivity contribution is 5.85. The maximum absolute atomic E-state index is 3.64. The summed E-state index contributed by atoms with van der Waals surface area (Å²) in [7, 11) is 0. The number of hydrogen-bond donors (Lipinski definition) is 1. The van der Waals surface area contributed by atoms with E-state index in [1.807, 2.05) is 0 Å². The lowest BCUT2D eigenvalue weighted by atomic mass is 10.0. The van der Waals surface area contributed by atoms with Crippen LogP contribution in [0, 0.1) is 0 Å². The van der Waals surface area contributed by atoms with Gasteiger partial charge >= 0.3 is 0 Å². The molecule has 0 bridgehead atoms. The van der Waals surface area contributed by atoms with Crippen LogP contribution in [0.1, 0.15) is 11.1 Å². The monoisotopic (exact) mass is 302 g/mol. The van der Waals surface area contributed by atoms with E-state index >= 15 is 0 Å². The van der Waals surface area contributed by atoms with Crippen molar-refractivity contribution in [3.63, 3.8) is 0 Å². The summed E-state index contributed by atoms with van der Waals surface area (Å²) in [5, 5.41) is 3.64. The molecular formula is C18H23ClN2. The molecule has 1 fully saturated rings. The van der Waals surface area contributed by atoms with Crippen LogP contribution in [0.3, 0.4) is 0 Å². The summed E-state index contributed by atoms with van der Waals surface area (Å²) in [4.78, 5) is 2.55. The number of hydrogen-bond acceptors (Lipinski definition) is 2. The first-order chi connectivity index (χ1) is 9.90. The summed E-state index contributed by atoms with van der Waals surface area (Å²) < 4.78 is 0. The Morgan fingerprint density at radius 3 is 2.19 bits per heavy atom. The lowest BCUT2D eigenvalue weighted by molar-refractivity contribution is 0.192. The van der Waals surface area contributed by atoms with E-state index in [0.29, 0.717) is 6.04 Å². The molecule has 21 heavy (non-hydrogen) atoms. The van der Waals surface area contributed by atoms with Crippen molar-refractivity contribution in [3.8, 4) is 0 Å². The molecule has 1 atom stereocenters. The largest absolute Gasteiger partial charge is 0.311 e. The normalized spacial score (nSPS) is 19.0. The van der Waals surface area contributed by atoms with Crippen LogP contribution in [-0.2, 0) is 13.0 Å². The predicted molar refractivity (Wildman–Crippen MR) is 90.9 cm³/mol. The topological polar surface area (TPSA) is 15.3 Å². The molecule has 0 aliphatic carbocycles. The molecule has 1 saturated heterocycles. The van der Waals surface area contributed by atoms with Gasteiger partial charge in [0.2, 0.25) is 0 Å². The van der Waals surface area contributed by atoms with Crippen LogP contribution in [0.4, 0.5) is 0 Å². The Balaban J connectivity index is 0.00000161. The Morgan fingerprint density at radius 2 is 1.52 bits per heavy atom. The van der Waals surface area contributed by atoms with Crippen molar-refractivity contribution in [2.75, 3.05) is 19.6 Å². The van der Waals surface area contributed by atoms with E-state index in [0.717, 1.165) is 32.6 Å². The summed E-state index contributed by atoms with van der Waals surface area (Å²) in [6, 6.07) is 22.1. The van der Waals surface area contributed by atoms with E-state index in [9.17, 15) is 0 Å². The van der Waals surface area contributed by atoms with Crippen molar-refractivity contribution in [2.45, 2.75) is 19.0 Å². The molecule has 2 nitrogen and oxygen atoms in total. The van der Waals surface area contributed by atoms with Crippen LogP contribution in [0.25, 0.3) is 0 Å². The van der Waals surface area contributed by atoms with Gasteiger partial charge in [0, 0.05) is 32.2 Å². The minimum Gasteiger partial charge on any atom is -0.311 e. The van der Waals surface area contributed by atoms with Crippen molar-refractivity contribution >= 4 is 12.4 Å². The Kier molecular flexibility index (Phi) is 6.24. The van der Waals surface area contributed by atoms with Crippen molar-refractivity contribution in [1.82, 2.24) is 10.2 Å². The number of benzene rings is 2. The molecule has 3 rings (SSSR count). The summed E-state index contributed by atoms with van der Waals surface area (Å²) >= 11 is 0. The Bertz CT molecular complexity index is 468. The van der Waals surface area contributed by atoms with Gasteiger partial charge in [-0.1, -0.05) is 60.7 Å². The number of nitrogens with one attached hydrogen (secondary N) is 1. The molecule has 0 amide bonds. The van der Waals surface area contributed by atoms with Gasteiger partial charge in [0.15, 0.2) is 0 Å². The first-order valence-electron chi connectivity index (χ1n) is 7.44. The van der Waals surface area contributed by atoms with E-state index in [1.165, 1.54) is 11.1 Å². The van der Waals surface area contributed by atoms with Crippen molar-refractivity contribution in [2.24, 2.45) is 0 Å². The van der Waals surface area contributed by atoms with Crippen molar-refractivity contribution in [1.29, 1.82) is 0 Å². The van der Waals surface area contributed by atoms with E-state index in [-0.39, 0.29) is 12.4 Å². The fourth-order valence-electron chi connectivity index (χ4n) is 2.91. The Labute approximate surface area is 133 Å². The third-order valence-corrected chi connectivity index (χ3v) is 3.91. The first-order valence-corrected chi connectivity index (χ1v) is 7.44. The highest BCUT2D eigenvalue weighted by Crippen LogP contribution is 2.10. The maximum atomic E-state index is 3.64. The lowest BCUT2D eigenvalue weighted by Gasteiger charge is -2.33. The zero-order valence-electron chi connectivity index (χ0n) is 12.2. The average molecular weight is 303 g/mol. The van der Waals surface area contributed by atoms with Gasteiger partial charge in [-0.3, -0.25) is 4.90 Å². The zero-order valence-corrected chi connectivity index (χ0v) is 13.1. The van der Waals surface area contributed by atoms with E-state index in [1.54, 1.807) is 0 Å². The van der Waals surface area contributed by atoms with Gasteiger partial charge in [0.1, 0.15) is 0 Å². The van der Waals surface area contributed by atoms with Crippen LogP contribution in [0.2, 0.25) is 0 Å². The van der Waals surface area contributed by atoms with Crippen LogP contribution in [0.5, 0.6) is 0 Å². The van der Waals surface area contributed by atoms with E-state index in [2.05, 4.69) is 70.9 Å². The molecule has 1 N–H and O–H groups in total. The first kappa shape index (κ1) is 16.0. The van der Waals surface area contributed by atoms with E-state index < -0.39 is 0 Å². The van der Waals surface area contributed by atoms with E-state index in [4.69, 9.17) is 0 Å². The summed E-state index contributed by atoms with van der Waals surface area (Å²) in [6.45, 7) is 4.42. The minimum absolute atomic E-state index is 0. The molecule has 0 saturated carbocycles. The number of rotatable bonds is 4. The summed E-state index contributed by atoms with van der Waals surface area (Å²) in [5.41, 5.74) is 2.83. The molecule has 0 radical (unpaired) electrons. The van der Waals surface area contributed by atoms with Gasteiger partial charge in [-0.25, -0.2) is 0 Å². The Morgan fingerprint density at radius 1 is 0.905 bits per heavy atom. The Hall–Kier alpha value is -1.35. The number of halogens is 1. The van der Waals surface area contributed by atoms with Crippen molar-refractivity contribution < 1.29 is 0 Å². The van der Waals surface area contributed by atoms with Crippen molar-refractivity contribution in [3.05, 3.63) is 71.8 Å². The van der Waals surface area contributed by atoms with Gasteiger partial charge in [0.05, 0.1) is 0 Å². The van der Waals surface area contributed by atoms with Gasteiger partial charge in [-0.2, -0.15) is 0 Å². The average Bonchev–Trinajstić information content (AvgIpc) is 2.50. The number of piperazine rings is 1. The van der Waals surface area contributed by atoms with Crippen LogP contribution >= 0.6 is 12.4 Å². The maximum Gasteiger partial charge on any atom is 0.0236 e. The van der Waals surface area contributed by atoms with Gasteiger partial charge in [-0.05, 0) is 17.5 Å². The highest BCUT2D eigenvalue weighted by Gasteiger charge is 2.19. The molecule has 112 valence electrons. The smallest absolute Gasteiger partial charge is 0.0236 e. The molecular weight excluding hydrogens is 280 g/mol. The SMILES string of the molecule is Cl.c1ccc(C[C@@H]2CN(Cc3ccccc3)CCN2)cc1. The lowest BCUT2D eigenvalue weighted by Crippen LogP contribution is -2.51. The van der Waals surface area contributed by atoms with Crippen LogP contribution in [-0.4, -0.2) is 30.6 Å². The second-order valence-corrected chi connectivity index (χ2v) is 5.56. The third-order valence-electron chi connectivity index (χ3n) is 3.91. The second-order valence-electron chi connectivity index (χ2n) is 5.56. The summed E-state index contributed by atoms with van der Waals surface area (Å²) in [5.74, 6) is 0. The minimum atomic E-state index is 0. The molecule has 3 heteroatoms. The molecule has 2 aromatic rings. The fourth-order valence-corrected chi connectivity index (χ4v) is 2.91. The zero-order chi connectivity index (χ0) is 13.6. The molecule has 0 spiro atoms. The molecule has 1 aliphatic rings. The number of nitrogens with zero attached hydrogens (tertiary/aromatic N) is 1. The summed E-state index contributed by atoms with van der Waals surface area (Å²) in [6.07, 6.45) is 1.12. The molecule has 1 aliphatic heterocycles. The second kappa shape index (κ2) is 8.18. The third kappa shape index (κ3) is 4.85.